The number of hydrogen-bond acceptors (Lipinski definition) is 2. The minimum Gasteiger partial charge on any atom is -0.393 e. The number of aliphatic hydroxyl groups excluding tert-OH is 1. The van der Waals surface area contributed by atoms with Gasteiger partial charge < -0.3 is 9.67 Å². The minimum absolute atomic E-state index is 0.232. The first-order valence-electron chi connectivity index (χ1n) is 6.95. The van der Waals surface area contributed by atoms with Crippen LogP contribution < -0.4 is 0 Å². The fourth-order valence-corrected chi connectivity index (χ4v) is 3.02. The van der Waals surface area contributed by atoms with Gasteiger partial charge in [-0.1, -0.05) is 24.3 Å². The zero-order chi connectivity index (χ0) is 13.2. The van der Waals surface area contributed by atoms with E-state index in [2.05, 4.69) is 29.2 Å². The van der Waals surface area contributed by atoms with Gasteiger partial charge in [-0.25, -0.2) is 4.98 Å². The molecule has 0 bridgehead atoms. The summed E-state index contributed by atoms with van der Waals surface area (Å²) in [6.45, 7) is 0. The molecule has 3 rings (SSSR count). The summed E-state index contributed by atoms with van der Waals surface area (Å²) in [7, 11) is 2.00. The van der Waals surface area contributed by atoms with Crippen LogP contribution in [0.2, 0.25) is 0 Å². The van der Waals surface area contributed by atoms with E-state index in [0.29, 0.717) is 5.92 Å². The average Bonchev–Trinajstić information content (AvgIpc) is 3.01. The van der Waals surface area contributed by atoms with Gasteiger partial charge in [0, 0.05) is 25.9 Å². The van der Waals surface area contributed by atoms with Crippen molar-refractivity contribution in [3.63, 3.8) is 0 Å². The Balaban J connectivity index is 1.58. The summed E-state index contributed by atoms with van der Waals surface area (Å²) in [6.07, 6.45) is 7.20. The third kappa shape index (κ3) is 2.56. The first-order valence-corrected chi connectivity index (χ1v) is 6.95. The normalized spacial score (nSPS) is 16.5. The highest BCUT2D eigenvalue weighted by Gasteiger charge is 2.27. The molecule has 1 N–H and O–H groups in total. The molecule has 1 unspecified atom stereocenters. The lowest BCUT2D eigenvalue weighted by Gasteiger charge is -2.17. The second-order valence-corrected chi connectivity index (χ2v) is 5.50. The largest absolute Gasteiger partial charge is 0.393 e. The Morgan fingerprint density at radius 2 is 2.00 bits per heavy atom. The van der Waals surface area contributed by atoms with Crippen molar-refractivity contribution in [2.75, 3.05) is 0 Å². The van der Waals surface area contributed by atoms with Crippen LogP contribution in [0.15, 0.2) is 36.7 Å². The molecule has 1 aromatic heterocycles. The van der Waals surface area contributed by atoms with Crippen LogP contribution in [0.1, 0.15) is 23.4 Å². The molecule has 0 spiro atoms. The molecule has 0 fully saturated rings. The van der Waals surface area contributed by atoms with Gasteiger partial charge in [-0.2, -0.15) is 0 Å². The summed E-state index contributed by atoms with van der Waals surface area (Å²) in [5, 5.41) is 10.4. The average molecular weight is 256 g/mol. The molecule has 1 atom stereocenters. The summed E-state index contributed by atoms with van der Waals surface area (Å²) in [6, 6.07) is 8.53. The topological polar surface area (TPSA) is 38.0 Å². The third-order valence-electron chi connectivity index (χ3n) is 4.21. The first kappa shape index (κ1) is 12.4. The van der Waals surface area contributed by atoms with E-state index in [1.165, 1.54) is 11.1 Å². The Labute approximate surface area is 113 Å². The zero-order valence-electron chi connectivity index (χ0n) is 11.3. The minimum atomic E-state index is -0.232. The molecule has 19 heavy (non-hydrogen) atoms. The van der Waals surface area contributed by atoms with Gasteiger partial charge in [-0.3, -0.25) is 0 Å². The molecular weight excluding hydrogens is 236 g/mol. The van der Waals surface area contributed by atoms with Gasteiger partial charge in [0.1, 0.15) is 5.82 Å². The maximum Gasteiger partial charge on any atom is 0.108 e. The highest BCUT2D eigenvalue weighted by molar-refractivity contribution is 5.32. The quantitative estimate of drug-likeness (QED) is 0.910. The van der Waals surface area contributed by atoms with Gasteiger partial charge in [0.25, 0.3) is 0 Å². The lowest BCUT2D eigenvalue weighted by atomic mass is 9.95. The van der Waals surface area contributed by atoms with Gasteiger partial charge in [0.15, 0.2) is 0 Å². The molecule has 0 aliphatic heterocycles. The van der Waals surface area contributed by atoms with E-state index in [1.54, 1.807) is 0 Å². The van der Waals surface area contributed by atoms with Crippen LogP contribution in [0, 0.1) is 5.92 Å². The molecule has 0 amide bonds. The molecule has 100 valence electrons. The fourth-order valence-electron chi connectivity index (χ4n) is 3.02. The molecule has 0 radical (unpaired) electrons. The molecule has 0 saturated carbocycles. The Bertz CT molecular complexity index is 536. The van der Waals surface area contributed by atoms with Crippen LogP contribution in [-0.4, -0.2) is 20.8 Å². The predicted molar refractivity (Wildman–Crippen MR) is 74.9 cm³/mol. The van der Waals surface area contributed by atoms with Crippen molar-refractivity contribution < 1.29 is 5.11 Å². The number of fused-ring (bicyclic) bond motifs is 1. The molecule has 1 aliphatic carbocycles. The number of aryl methyl sites for hydroxylation is 2. The van der Waals surface area contributed by atoms with Gasteiger partial charge >= 0.3 is 0 Å². The highest BCUT2D eigenvalue weighted by atomic mass is 16.3. The van der Waals surface area contributed by atoms with Crippen LogP contribution in [-0.2, 0) is 26.3 Å². The van der Waals surface area contributed by atoms with Crippen LogP contribution in [0.5, 0.6) is 0 Å². The number of aliphatic hydroxyl groups is 1. The van der Waals surface area contributed by atoms with E-state index >= 15 is 0 Å². The third-order valence-corrected chi connectivity index (χ3v) is 4.21. The Morgan fingerprint density at radius 1 is 1.32 bits per heavy atom. The highest BCUT2D eigenvalue weighted by Crippen LogP contribution is 2.29. The number of nitrogens with zero attached hydrogens (tertiary/aromatic N) is 2. The Hall–Kier alpha value is -1.61. The Kier molecular flexibility index (Phi) is 3.38. The van der Waals surface area contributed by atoms with E-state index < -0.39 is 0 Å². The molecule has 0 saturated heterocycles. The lowest BCUT2D eigenvalue weighted by Crippen LogP contribution is -2.22. The standard InChI is InChI=1S/C16H20N2O/c1-18-9-8-17-16(18)7-6-15(19)14-10-12-4-2-3-5-13(12)11-14/h2-5,8-9,14-15,19H,6-7,10-11H2,1H3. The summed E-state index contributed by atoms with van der Waals surface area (Å²) in [4.78, 5) is 4.31. The summed E-state index contributed by atoms with van der Waals surface area (Å²) in [5.41, 5.74) is 2.81. The summed E-state index contributed by atoms with van der Waals surface area (Å²) >= 11 is 0. The van der Waals surface area contributed by atoms with Gasteiger partial charge in [-0.05, 0) is 36.3 Å². The maximum absolute atomic E-state index is 10.4. The van der Waals surface area contributed by atoms with Crippen LogP contribution in [0.4, 0.5) is 0 Å². The number of rotatable bonds is 4. The molecule has 3 nitrogen and oxygen atoms in total. The van der Waals surface area contributed by atoms with Crippen LogP contribution >= 0.6 is 0 Å². The van der Waals surface area contributed by atoms with Crippen molar-refractivity contribution in [1.29, 1.82) is 0 Å². The second-order valence-electron chi connectivity index (χ2n) is 5.50. The van der Waals surface area contributed by atoms with Crippen molar-refractivity contribution in [1.82, 2.24) is 9.55 Å². The van der Waals surface area contributed by atoms with E-state index in [1.807, 2.05) is 24.0 Å². The van der Waals surface area contributed by atoms with Crippen LogP contribution in [0.25, 0.3) is 0 Å². The predicted octanol–water partition coefficient (Wildman–Crippen LogP) is 2.13. The maximum atomic E-state index is 10.4. The number of hydrogen-bond donors (Lipinski definition) is 1. The molecule has 1 aliphatic rings. The van der Waals surface area contributed by atoms with Crippen molar-refractivity contribution >= 4 is 0 Å². The number of imidazole rings is 1. The number of aromatic nitrogens is 2. The van der Waals surface area contributed by atoms with Crippen molar-refractivity contribution in [3.05, 3.63) is 53.6 Å². The molecule has 1 heterocycles. The van der Waals surface area contributed by atoms with E-state index in [0.717, 1.165) is 31.5 Å². The van der Waals surface area contributed by atoms with Crippen LogP contribution in [0.3, 0.4) is 0 Å². The van der Waals surface area contributed by atoms with Crippen molar-refractivity contribution in [3.8, 4) is 0 Å². The van der Waals surface area contributed by atoms with Crippen molar-refractivity contribution in [2.45, 2.75) is 31.8 Å². The fraction of sp³-hybridized carbons (Fsp3) is 0.438. The van der Waals surface area contributed by atoms with Crippen molar-refractivity contribution in [2.24, 2.45) is 13.0 Å². The molecule has 1 aromatic carbocycles. The smallest absolute Gasteiger partial charge is 0.108 e. The van der Waals surface area contributed by atoms with Gasteiger partial charge in [0.05, 0.1) is 6.10 Å². The molecule has 2 aromatic rings. The van der Waals surface area contributed by atoms with E-state index in [4.69, 9.17) is 0 Å². The molecular formula is C16H20N2O. The second kappa shape index (κ2) is 5.17. The SMILES string of the molecule is Cn1ccnc1CCC(O)C1Cc2ccccc2C1. The summed E-state index contributed by atoms with van der Waals surface area (Å²) in [5.74, 6) is 1.42. The molecule has 3 heteroatoms. The van der Waals surface area contributed by atoms with E-state index in [9.17, 15) is 5.11 Å². The zero-order valence-corrected chi connectivity index (χ0v) is 11.3. The van der Waals surface area contributed by atoms with Gasteiger partial charge in [-0.15, -0.1) is 0 Å². The lowest BCUT2D eigenvalue weighted by molar-refractivity contribution is 0.103. The first-order chi connectivity index (χ1) is 9.24. The number of benzene rings is 1. The monoisotopic (exact) mass is 256 g/mol. The van der Waals surface area contributed by atoms with E-state index in [-0.39, 0.29) is 6.10 Å². The Morgan fingerprint density at radius 3 is 2.58 bits per heavy atom. The summed E-state index contributed by atoms with van der Waals surface area (Å²) < 4.78 is 2.02. The van der Waals surface area contributed by atoms with Gasteiger partial charge in [0.2, 0.25) is 0 Å².